The molecule has 0 aliphatic heterocycles. The van der Waals surface area contributed by atoms with Gasteiger partial charge in [0.15, 0.2) is 11.5 Å². The molecule has 3 aromatic carbocycles. The number of rotatable bonds is 8. The maximum Gasteiger partial charge on any atom is 0.266 e. The highest BCUT2D eigenvalue weighted by Crippen LogP contribution is 2.35. The molecule has 0 radical (unpaired) electrons. The highest BCUT2D eigenvalue weighted by Gasteiger charge is 2.14. The van der Waals surface area contributed by atoms with Crippen LogP contribution in [-0.2, 0) is 11.4 Å². The van der Waals surface area contributed by atoms with E-state index < -0.39 is 5.91 Å². The number of hydrogen-bond donors (Lipinski definition) is 1. The van der Waals surface area contributed by atoms with Crippen LogP contribution >= 0.6 is 38.5 Å². The number of nitrogens with one attached hydrogen (secondary N) is 1. The van der Waals surface area contributed by atoms with E-state index in [2.05, 4.69) is 43.8 Å². The third kappa shape index (κ3) is 7.07. The standard InChI is InChI=1S/C26H22BrIN2O3/c1-3-32-24-13-19(12-20(15-29)26(31)30-22-6-4-5-17(2)11-22)23(27)14-25(24)33-16-18-7-9-21(28)10-8-18/h4-14H,3,16H2,1-2H3,(H,30,31)/b20-12+. The van der Waals surface area contributed by atoms with Crippen molar-refractivity contribution < 1.29 is 14.3 Å². The molecule has 33 heavy (non-hydrogen) atoms. The first-order chi connectivity index (χ1) is 15.9. The molecular formula is C26H22BrIN2O3. The number of hydrogen-bond acceptors (Lipinski definition) is 4. The van der Waals surface area contributed by atoms with E-state index in [1.165, 1.54) is 6.08 Å². The first-order valence-corrected chi connectivity index (χ1v) is 12.1. The van der Waals surface area contributed by atoms with Gasteiger partial charge in [0.1, 0.15) is 18.2 Å². The summed E-state index contributed by atoms with van der Waals surface area (Å²) in [6.07, 6.45) is 1.53. The van der Waals surface area contributed by atoms with Gasteiger partial charge in [-0.05, 0) is 95.6 Å². The van der Waals surface area contributed by atoms with Gasteiger partial charge in [0.05, 0.1) is 6.61 Å². The van der Waals surface area contributed by atoms with E-state index in [0.29, 0.717) is 40.4 Å². The Bertz CT molecular complexity index is 1220. The average molecular weight is 617 g/mol. The van der Waals surface area contributed by atoms with Gasteiger partial charge in [0.25, 0.3) is 5.91 Å². The van der Waals surface area contributed by atoms with Crippen molar-refractivity contribution in [3.8, 4) is 17.6 Å². The molecule has 7 heteroatoms. The van der Waals surface area contributed by atoms with Gasteiger partial charge in [0.2, 0.25) is 0 Å². The van der Waals surface area contributed by atoms with Crippen molar-refractivity contribution >= 4 is 56.2 Å². The van der Waals surface area contributed by atoms with Crippen molar-refractivity contribution in [1.82, 2.24) is 0 Å². The zero-order chi connectivity index (χ0) is 23.8. The van der Waals surface area contributed by atoms with E-state index in [-0.39, 0.29) is 5.57 Å². The first-order valence-electron chi connectivity index (χ1n) is 10.2. The zero-order valence-electron chi connectivity index (χ0n) is 18.2. The number of carbonyl (C=O) groups excluding carboxylic acids is 1. The lowest BCUT2D eigenvalue weighted by Crippen LogP contribution is -2.13. The molecule has 0 spiro atoms. The Balaban J connectivity index is 1.84. The summed E-state index contributed by atoms with van der Waals surface area (Å²) in [6, 6.07) is 21.0. The van der Waals surface area contributed by atoms with Crippen LogP contribution in [0.5, 0.6) is 11.5 Å². The molecule has 0 aliphatic carbocycles. The molecule has 0 aromatic heterocycles. The molecule has 168 valence electrons. The number of nitrogens with zero attached hydrogens (tertiary/aromatic N) is 1. The number of halogens is 2. The van der Waals surface area contributed by atoms with Gasteiger partial charge in [-0.1, -0.05) is 40.2 Å². The summed E-state index contributed by atoms with van der Waals surface area (Å²) >= 11 is 5.79. The molecule has 1 amide bonds. The Hall–Kier alpha value is -2.83. The van der Waals surface area contributed by atoms with E-state index in [1.54, 1.807) is 18.2 Å². The Labute approximate surface area is 215 Å². The highest BCUT2D eigenvalue weighted by molar-refractivity contribution is 14.1. The summed E-state index contributed by atoms with van der Waals surface area (Å²) in [6.45, 7) is 4.66. The SMILES string of the molecule is CCOc1cc(/C=C(\C#N)C(=O)Nc2cccc(C)c2)c(Br)cc1OCc1ccc(I)cc1. The highest BCUT2D eigenvalue weighted by atomic mass is 127. The lowest BCUT2D eigenvalue weighted by Gasteiger charge is -2.14. The Kier molecular flexibility index (Phi) is 8.92. The summed E-state index contributed by atoms with van der Waals surface area (Å²) in [5, 5.41) is 12.4. The normalized spacial score (nSPS) is 10.9. The van der Waals surface area contributed by atoms with Gasteiger partial charge in [-0.15, -0.1) is 0 Å². The summed E-state index contributed by atoms with van der Waals surface area (Å²) in [7, 11) is 0. The number of anilines is 1. The van der Waals surface area contributed by atoms with E-state index in [9.17, 15) is 10.1 Å². The fourth-order valence-corrected chi connectivity index (χ4v) is 3.81. The lowest BCUT2D eigenvalue weighted by molar-refractivity contribution is -0.112. The summed E-state index contributed by atoms with van der Waals surface area (Å²) in [5.41, 5.74) is 3.30. The molecular weight excluding hydrogens is 595 g/mol. The van der Waals surface area contributed by atoms with Crippen molar-refractivity contribution in [2.75, 3.05) is 11.9 Å². The number of amides is 1. The van der Waals surface area contributed by atoms with Crippen LogP contribution in [0.25, 0.3) is 6.08 Å². The minimum atomic E-state index is -0.480. The number of carbonyl (C=O) groups is 1. The Morgan fingerprint density at radius 2 is 1.85 bits per heavy atom. The van der Waals surface area contributed by atoms with Crippen LogP contribution in [0.1, 0.15) is 23.6 Å². The quantitative estimate of drug-likeness (QED) is 0.170. The predicted molar refractivity (Wildman–Crippen MR) is 142 cm³/mol. The molecule has 0 saturated carbocycles. The van der Waals surface area contributed by atoms with Gasteiger partial charge >= 0.3 is 0 Å². The molecule has 0 atom stereocenters. The molecule has 0 fully saturated rings. The van der Waals surface area contributed by atoms with Gasteiger partial charge < -0.3 is 14.8 Å². The van der Waals surface area contributed by atoms with Crippen molar-refractivity contribution in [2.45, 2.75) is 20.5 Å². The zero-order valence-corrected chi connectivity index (χ0v) is 21.9. The lowest BCUT2D eigenvalue weighted by atomic mass is 10.1. The smallest absolute Gasteiger partial charge is 0.266 e. The third-order valence-corrected chi connectivity index (χ3v) is 6.02. The van der Waals surface area contributed by atoms with Gasteiger partial charge in [-0.3, -0.25) is 4.79 Å². The minimum Gasteiger partial charge on any atom is -0.490 e. The predicted octanol–water partition coefficient (Wildman–Crippen LogP) is 6.89. The van der Waals surface area contributed by atoms with Crippen LogP contribution in [0.2, 0.25) is 0 Å². The first kappa shape index (κ1) is 24.8. The Morgan fingerprint density at radius 3 is 2.52 bits per heavy atom. The van der Waals surface area contributed by atoms with Crippen LogP contribution in [-0.4, -0.2) is 12.5 Å². The topological polar surface area (TPSA) is 71.3 Å². The fourth-order valence-electron chi connectivity index (χ4n) is 3.01. The molecule has 3 rings (SSSR count). The van der Waals surface area contributed by atoms with Crippen molar-refractivity contribution in [1.29, 1.82) is 5.26 Å². The van der Waals surface area contributed by atoms with Gasteiger partial charge in [-0.2, -0.15) is 5.26 Å². The largest absolute Gasteiger partial charge is 0.490 e. The number of aryl methyl sites for hydroxylation is 1. The maximum absolute atomic E-state index is 12.7. The van der Waals surface area contributed by atoms with Gasteiger partial charge in [-0.25, -0.2) is 0 Å². The molecule has 0 saturated heterocycles. The van der Waals surface area contributed by atoms with Crippen LogP contribution < -0.4 is 14.8 Å². The summed E-state index contributed by atoms with van der Waals surface area (Å²) < 4.78 is 13.6. The van der Waals surface area contributed by atoms with E-state index in [4.69, 9.17) is 9.47 Å². The van der Waals surface area contributed by atoms with Crippen LogP contribution in [0.3, 0.4) is 0 Å². The maximum atomic E-state index is 12.7. The monoisotopic (exact) mass is 616 g/mol. The molecule has 0 heterocycles. The molecule has 0 aliphatic rings. The fraction of sp³-hybridized carbons (Fsp3) is 0.154. The van der Waals surface area contributed by atoms with Crippen LogP contribution in [0, 0.1) is 21.8 Å². The van der Waals surface area contributed by atoms with E-state index in [0.717, 1.165) is 14.7 Å². The van der Waals surface area contributed by atoms with Crippen LogP contribution in [0.15, 0.2) is 70.7 Å². The molecule has 1 N–H and O–H groups in total. The molecule has 3 aromatic rings. The minimum absolute atomic E-state index is 0.0211. The second-order valence-corrected chi connectivity index (χ2v) is 9.26. The second kappa shape index (κ2) is 11.9. The number of benzene rings is 3. The van der Waals surface area contributed by atoms with Gasteiger partial charge in [0, 0.05) is 13.7 Å². The van der Waals surface area contributed by atoms with Crippen molar-refractivity contribution in [2.24, 2.45) is 0 Å². The van der Waals surface area contributed by atoms with E-state index >= 15 is 0 Å². The number of nitriles is 1. The Morgan fingerprint density at radius 1 is 1.12 bits per heavy atom. The van der Waals surface area contributed by atoms with E-state index in [1.807, 2.05) is 62.4 Å². The molecule has 5 nitrogen and oxygen atoms in total. The van der Waals surface area contributed by atoms with Crippen LogP contribution in [0.4, 0.5) is 5.69 Å². The average Bonchev–Trinajstić information content (AvgIpc) is 2.79. The van der Waals surface area contributed by atoms with Crippen molar-refractivity contribution in [3.05, 3.63) is 91.0 Å². The number of ether oxygens (including phenoxy) is 2. The third-order valence-electron chi connectivity index (χ3n) is 4.61. The molecule has 0 unspecified atom stereocenters. The van der Waals surface area contributed by atoms with Crippen molar-refractivity contribution in [3.63, 3.8) is 0 Å². The molecule has 0 bridgehead atoms. The summed E-state index contributed by atoms with van der Waals surface area (Å²) in [5.74, 6) is 0.628. The summed E-state index contributed by atoms with van der Waals surface area (Å²) in [4.78, 5) is 12.7. The second-order valence-electron chi connectivity index (χ2n) is 7.16.